The van der Waals surface area contributed by atoms with E-state index in [0.717, 1.165) is 28.9 Å². The Morgan fingerprint density at radius 2 is 1.27 bits per heavy atom. The summed E-state index contributed by atoms with van der Waals surface area (Å²) in [4.78, 5) is 28.0. The number of amides is 1. The second-order valence-corrected chi connectivity index (χ2v) is 8.04. The number of anilines is 3. The maximum atomic E-state index is 12.9. The number of carbonyl (C=O) groups excluding carboxylic acids is 2. The van der Waals surface area contributed by atoms with E-state index in [4.69, 9.17) is 0 Å². The van der Waals surface area contributed by atoms with Crippen LogP contribution in [0.5, 0.6) is 0 Å². The molecule has 0 atom stereocenters. The maximum absolute atomic E-state index is 12.9. The molecule has 0 spiro atoms. The molecule has 0 bridgehead atoms. The Kier molecular flexibility index (Phi) is 12.2. The van der Waals surface area contributed by atoms with Gasteiger partial charge < -0.3 is 15.1 Å². The van der Waals surface area contributed by atoms with E-state index in [1.807, 2.05) is 125 Å². The molecule has 0 aliphatic rings. The van der Waals surface area contributed by atoms with Gasteiger partial charge in [0.25, 0.3) is 5.91 Å². The molecule has 0 aliphatic carbocycles. The monoisotopic (exact) mass is 495 g/mol. The third-order valence-corrected chi connectivity index (χ3v) is 5.63. The first-order valence-corrected chi connectivity index (χ1v) is 12.4. The van der Waals surface area contributed by atoms with E-state index in [-0.39, 0.29) is 5.91 Å². The summed E-state index contributed by atoms with van der Waals surface area (Å²) >= 11 is 0. The molecule has 4 rings (SSSR count). The predicted octanol–water partition coefficient (Wildman–Crippen LogP) is 7.17. The van der Waals surface area contributed by atoms with Gasteiger partial charge in [0.15, 0.2) is 0 Å². The van der Waals surface area contributed by atoms with Crippen LogP contribution in [0.3, 0.4) is 0 Å². The van der Waals surface area contributed by atoms with Crippen molar-refractivity contribution in [2.24, 2.45) is 0 Å². The minimum atomic E-state index is -0.109. The minimum Gasteiger partial charge on any atom is -0.388 e. The highest BCUT2D eigenvalue weighted by molar-refractivity contribution is 6.06. The number of carbonyl (C=O) groups is 2. The number of benzene rings is 4. The molecule has 0 heterocycles. The van der Waals surface area contributed by atoms with Gasteiger partial charge in [-0.15, -0.1) is 0 Å². The molecule has 5 nitrogen and oxygen atoms in total. The van der Waals surface area contributed by atoms with Crippen LogP contribution in [-0.2, 0) is 6.54 Å². The number of aldehydes is 1. The molecule has 0 radical (unpaired) electrons. The van der Waals surface area contributed by atoms with Crippen molar-refractivity contribution in [1.82, 2.24) is 0 Å². The normalized spacial score (nSPS) is 9.54. The average molecular weight is 496 g/mol. The predicted molar refractivity (Wildman–Crippen MR) is 157 cm³/mol. The second kappa shape index (κ2) is 15.6. The largest absolute Gasteiger partial charge is 0.388 e. The number of para-hydroxylation sites is 3. The number of hydrogen-bond acceptors (Lipinski definition) is 4. The van der Waals surface area contributed by atoms with Crippen LogP contribution in [0.15, 0.2) is 109 Å². The lowest BCUT2D eigenvalue weighted by Gasteiger charge is -2.22. The van der Waals surface area contributed by atoms with Gasteiger partial charge in [-0.3, -0.25) is 9.59 Å². The summed E-state index contributed by atoms with van der Waals surface area (Å²) in [5, 5.41) is 3.03. The van der Waals surface area contributed by atoms with Gasteiger partial charge >= 0.3 is 0 Å². The lowest BCUT2D eigenvalue weighted by molar-refractivity contribution is 0.0992. The zero-order valence-electron chi connectivity index (χ0n) is 22.4. The molecule has 0 aromatic heterocycles. The van der Waals surface area contributed by atoms with Crippen molar-refractivity contribution in [2.45, 2.75) is 20.4 Å². The molecular weight excluding hydrogens is 458 g/mol. The summed E-state index contributed by atoms with van der Waals surface area (Å²) < 4.78 is 0. The summed E-state index contributed by atoms with van der Waals surface area (Å²) in [6, 6.07) is 34.7. The standard InChI is InChI=1S/C23H22N2O2.C7H9N.C2H6/c1-24(21-9-5-3-6-10-21)16-20-15-18(13-14-19(20)17-26)23(27)25(2)22-11-7-4-8-12-22;1-8-7-5-3-2-4-6-7;1-2/h3-15,17H,16H2,1-2H3;2-6,8H,1H3;1-2H3. The number of nitrogens with one attached hydrogen (secondary N) is 1. The van der Waals surface area contributed by atoms with Crippen molar-refractivity contribution in [3.05, 3.63) is 126 Å². The van der Waals surface area contributed by atoms with E-state index in [1.165, 1.54) is 0 Å². The number of rotatable bonds is 7. The van der Waals surface area contributed by atoms with Crippen LogP contribution in [0.2, 0.25) is 0 Å². The topological polar surface area (TPSA) is 52.7 Å². The third kappa shape index (κ3) is 8.65. The van der Waals surface area contributed by atoms with Crippen LogP contribution >= 0.6 is 0 Å². The van der Waals surface area contributed by atoms with Crippen LogP contribution < -0.4 is 15.1 Å². The molecule has 1 amide bonds. The van der Waals surface area contributed by atoms with Gasteiger partial charge in [0.2, 0.25) is 0 Å². The smallest absolute Gasteiger partial charge is 0.258 e. The quantitative estimate of drug-likeness (QED) is 0.276. The highest BCUT2D eigenvalue weighted by Crippen LogP contribution is 2.20. The highest BCUT2D eigenvalue weighted by Gasteiger charge is 2.16. The molecule has 0 saturated heterocycles. The second-order valence-electron chi connectivity index (χ2n) is 8.04. The molecule has 1 N–H and O–H groups in total. The first-order chi connectivity index (χ1) is 18.0. The van der Waals surface area contributed by atoms with E-state index >= 15 is 0 Å². The van der Waals surface area contributed by atoms with Crippen molar-refractivity contribution < 1.29 is 9.59 Å². The molecule has 4 aromatic rings. The van der Waals surface area contributed by atoms with E-state index in [1.54, 1.807) is 24.1 Å². The van der Waals surface area contributed by atoms with Gasteiger partial charge in [0, 0.05) is 55.9 Å². The zero-order valence-corrected chi connectivity index (χ0v) is 22.4. The van der Waals surface area contributed by atoms with Gasteiger partial charge in [0.1, 0.15) is 6.29 Å². The fourth-order valence-electron chi connectivity index (χ4n) is 3.59. The van der Waals surface area contributed by atoms with Crippen molar-refractivity contribution in [3.8, 4) is 0 Å². The summed E-state index contributed by atoms with van der Waals surface area (Å²) in [5.41, 5.74) is 5.01. The zero-order chi connectivity index (χ0) is 27.0. The first-order valence-electron chi connectivity index (χ1n) is 12.4. The molecule has 192 valence electrons. The maximum Gasteiger partial charge on any atom is 0.258 e. The van der Waals surface area contributed by atoms with E-state index in [9.17, 15) is 9.59 Å². The van der Waals surface area contributed by atoms with Crippen LogP contribution in [0, 0.1) is 0 Å². The van der Waals surface area contributed by atoms with Crippen LogP contribution in [0.25, 0.3) is 0 Å². The minimum absolute atomic E-state index is 0.109. The Labute approximate surface area is 221 Å². The molecule has 0 saturated carbocycles. The molecule has 4 aromatic carbocycles. The first kappa shape index (κ1) is 28.9. The molecule has 0 unspecified atom stereocenters. The van der Waals surface area contributed by atoms with Crippen LogP contribution in [-0.4, -0.2) is 33.3 Å². The van der Waals surface area contributed by atoms with Gasteiger partial charge in [-0.2, -0.15) is 0 Å². The summed E-state index contributed by atoms with van der Waals surface area (Å²) in [6.07, 6.45) is 0.837. The van der Waals surface area contributed by atoms with Gasteiger partial charge in [-0.25, -0.2) is 0 Å². The van der Waals surface area contributed by atoms with Gasteiger partial charge in [-0.05, 0) is 54.1 Å². The average Bonchev–Trinajstić information content (AvgIpc) is 2.99. The van der Waals surface area contributed by atoms with Crippen molar-refractivity contribution in [1.29, 1.82) is 0 Å². The lowest BCUT2D eigenvalue weighted by atomic mass is 10.0. The number of nitrogens with zero attached hydrogens (tertiary/aromatic N) is 2. The molecule has 37 heavy (non-hydrogen) atoms. The van der Waals surface area contributed by atoms with Crippen LogP contribution in [0.4, 0.5) is 17.1 Å². The molecule has 5 heteroatoms. The van der Waals surface area contributed by atoms with Gasteiger partial charge in [0.05, 0.1) is 0 Å². The van der Waals surface area contributed by atoms with Crippen molar-refractivity contribution in [2.75, 3.05) is 36.3 Å². The molecule has 0 fully saturated rings. The Morgan fingerprint density at radius 3 is 1.76 bits per heavy atom. The van der Waals surface area contributed by atoms with Gasteiger partial charge in [-0.1, -0.05) is 74.5 Å². The van der Waals surface area contributed by atoms with E-state index < -0.39 is 0 Å². The Hall–Kier alpha value is -4.38. The SMILES string of the molecule is CC.CN(Cc1cc(C(=O)N(C)c2ccccc2)ccc1C=O)c1ccccc1.CNc1ccccc1. The fraction of sp³-hybridized carbons (Fsp3) is 0.188. The highest BCUT2D eigenvalue weighted by atomic mass is 16.2. The Morgan fingerprint density at radius 1 is 0.757 bits per heavy atom. The molecular formula is C32H37N3O2. The number of hydrogen-bond donors (Lipinski definition) is 1. The summed E-state index contributed by atoms with van der Waals surface area (Å²) in [6.45, 7) is 4.54. The molecule has 0 aliphatic heterocycles. The van der Waals surface area contributed by atoms with Crippen molar-refractivity contribution >= 4 is 29.3 Å². The summed E-state index contributed by atoms with van der Waals surface area (Å²) in [7, 11) is 5.63. The summed E-state index contributed by atoms with van der Waals surface area (Å²) in [5.74, 6) is -0.109. The fourth-order valence-corrected chi connectivity index (χ4v) is 3.59. The Bertz CT molecular complexity index is 1210. The Balaban J connectivity index is 0.000000406. The van der Waals surface area contributed by atoms with Crippen molar-refractivity contribution in [3.63, 3.8) is 0 Å². The lowest BCUT2D eigenvalue weighted by Crippen LogP contribution is -2.26. The van der Waals surface area contributed by atoms with E-state index in [2.05, 4.69) is 10.2 Å². The van der Waals surface area contributed by atoms with E-state index in [0.29, 0.717) is 17.7 Å². The van der Waals surface area contributed by atoms with Crippen LogP contribution in [0.1, 0.15) is 40.1 Å². The third-order valence-electron chi connectivity index (χ3n) is 5.63.